The van der Waals surface area contributed by atoms with E-state index in [0.717, 1.165) is 0 Å². The number of nitrogens with zero attached hydrogens (tertiary/aromatic N) is 4. The average molecular weight is 369 g/mol. The molecule has 8 nitrogen and oxygen atoms in total. The quantitative estimate of drug-likeness (QED) is 0.760. The number of para-hydroxylation sites is 1. The van der Waals surface area contributed by atoms with E-state index in [4.69, 9.17) is 4.74 Å². The van der Waals surface area contributed by atoms with Crippen LogP contribution in [0.2, 0.25) is 0 Å². The molecule has 1 aliphatic heterocycles. The number of nitrogens with one attached hydrogen (secondary N) is 1. The molecule has 1 fully saturated rings. The largest absolute Gasteiger partial charge is 0.442 e. The van der Waals surface area contributed by atoms with E-state index >= 15 is 0 Å². The molecule has 2 aromatic carbocycles. The topological polar surface area (TPSA) is 89.4 Å². The summed E-state index contributed by atoms with van der Waals surface area (Å²) in [6.45, 7) is 1.82. The lowest BCUT2D eigenvalue weighted by atomic mass is 10.2. The molecule has 0 saturated carbocycles. The summed E-state index contributed by atoms with van der Waals surface area (Å²) < 4.78 is 21.4. The maximum absolute atomic E-state index is 14.7. The van der Waals surface area contributed by atoms with Gasteiger partial charge in [0.25, 0.3) is 0 Å². The molecular formula is C18H16FN5O3. The Morgan fingerprint density at radius 3 is 2.93 bits per heavy atom. The highest BCUT2D eigenvalue weighted by Crippen LogP contribution is 2.26. The van der Waals surface area contributed by atoms with Gasteiger partial charge in [-0.05, 0) is 30.3 Å². The van der Waals surface area contributed by atoms with Crippen molar-refractivity contribution < 1.29 is 18.7 Å². The number of anilines is 1. The van der Waals surface area contributed by atoms with Crippen LogP contribution in [0, 0.1) is 5.82 Å². The lowest BCUT2D eigenvalue weighted by molar-refractivity contribution is -0.119. The minimum atomic E-state index is -0.580. The van der Waals surface area contributed by atoms with Crippen molar-refractivity contribution in [3.05, 3.63) is 48.3 Å². The molecule has 2 amide bonds. The van der Waals surface area contributed by atoms with Crippen LogP contribution in [-0.2, 0) is 9.53 Å². The molecule has 1 aliphatic rings. The Balaban J connectivity index is 1.59. The summed E-state index contributed by atoms with van der Waals surface area (Å²) in [4.78, 5) is 24.4. The second-order valence-electron chi connectivity index (χ2n) is 6.18. The molecule has 138 valence electrons. The first-order valence-electron chi connectivity index (χ1n) is 8.36. The lowest BCUT2D eigenvalue weighted by Crippen LogP contribution is -2.33. The van der Waals surface area contributed by atoms with Crippen LogP contribution in [0.4, 0.5) is 14.9 Å². The van der Waals surface area contributed by atoms with Gasteiger partial charge in [-0.3, -0.25) is 9.69 Å². The van der Waals surface area contributed by atoms with E-state index in [0.29, 0.717) is 16.7 Å². The molecule has 1 N–H and O–H groups in total. The van der Waals surface area contributed by atoms with Crippen molar-refractivity contribution in [3.8, 4) is 5.69 Å². The van der Waals surface area contributed by atoms with Crippen LogP contribution in [0.3, 0.4) is 0 Å². The predicted molar refractivity (Wildman–Crippen MR) is 95.1 cm³/mol. The molecule has 1 aromatic heterocycles. The van der Waals surface area contributed by atoms with Crippen molar-refractivity contribution in [3.63, 3.8) is 0 Å². The van der Waals surface area contributed by atoms with E-state index in [9.17, 15) is 14.0 Å². The molecule has 3 aromatic rings. The Morgan fingerprint density at radius 1 is 1.33 bits per heavy atom. The fourth-order valence-electron chi connectivity index (χ4n) is 2.98. The van der Waals surface area contributed by atoms with Gasteiger partial charge in [0.15, 0.2) is 5.82 Å². The van der Waals surface area contributed by atoms with Crippen LogP contribution in [-0.4, -0.2) is 46.2 Å². The minimum absolute atomic E-state index is 0.208. The van der Waals surface area contributed by atoms with Gasteiger partial charge in [0, 0.05) is 6.92 Å². The molecule has 0 spiro atoms. The van der Waals surface area contributed by atoms with Gasteiger partial charge in [-0.15, -0.1) is 5.10 Å². The third-order valence-electron chi connectivity index (χ3n) is 4.28. The number of hydrogen-bond donors (Lipinski definition) is 1. The summed E-state index contributed by atoms with van der Waals surface area (Å²) in [5.74, 6) is -0.749. The van der Waals surface area contributed by atoms with E-state index < -0.39 is 18.0 Å². The zero-order valence-electron chi connectivity index (χ0n) is 14.4. The van der Waals surface area contributed by atoms with Crippen LogP contribution in [0.25, 0.3) is 16.7 Å². The number of aromatic nitrogens is 3. The predicted octanol–water partition coefficient (Wildman–Crippen LogP) is 2.02. The van der Waals surface area contributed by atoms with Gasteiger partial charge in [0.05, 0.1) is 24.3 Å². The monoisotopic (exact) mass is 369 g/mol. The van der Waals surface area contributed by atoms with Crippen LogP contribution in [0.5, 0.6) is 0 Å². The summed E-state index contributed by atoms with van der Waals surface area (Å²) in [6, 6.07) is 11.7. The Kier molecular flexibility index (Phi) is 4.19. The molecule has 9 heteroatoms. The number of hydrogen-bond acceptors (Lipinski definition) is 5. The first kappa shape index (κ1) is 17.0. The Labute approximate surface area is 153 Å². The van der Waals surface area contributed by atoms with Gasteiger partial charge in [0.1, 0.15) is 17.3 Å². The first-order valence-corrected chi connectivity index (χ1v) is 8.36. The van der Waals surface area contributed by atoms with Crippen molar-refractivity contribution in [1.29, 1.82) is 0 Å². The zero-order chi connectivity index (χ0) is 19.0. The molecule has 1 unspecified atom stereocenters. The van der Waals surface area contributed by atoms with Gasteiger partial charge >= 0.3 is 6.09 Å². The highest BCUT2D eigenvalue weighted by atomic mass is 19.1. The molecule has 1 atom stereocenters. The normalized spacial score (nSPS) is 16.6. The molecule has 27 heavy (non-hydrogen) atoms. The van der Waals surface area contributed by atoms with Crippen LogP contribution in [0.1, 0.15) is 6.92 Å². The third-order valence-corrected chi connectivity index (χ3v) is 4.28. The first-order chi connectivity index (χ1) is 13.0. The second kappa shape index (κ2) is 6.67. The van der Waals surface area contributed by atoms with Crippen molar-refractivity contribution in [1.82, 2.24) is 20.3 Å². The third kappa shape index (κ3) is 3.19. The second-order valence-corrected chi connectivity index (χ2v) is 6.18. The van der Waals surface area contributed by atoms with Crippen molar-refractivity contribution in [2.24, 2.45) is 0 Å². The highest BCUT2D eigenvalue weighted by Gasteiger charge is 2.32. The van der Waals surface area contributed by atoms with E-state index in [2.05, 4.69) is 15.6 Å². The lowest BCUT2D eigenvalue weighted by Gasteiger charge is -2.14. The van der Waals surface area contributed by atoms with E-state index in [1.54, 1.807) is 24.3 Å². The van der Waals surface area contributed by atoms with Gasteiger partial charge in [-0.1, -0.05) is 17.3 Å². The average Bonchev–Trinajstić information content (AvgIpc) is 3.23. The standard InChI is InChI=1S/C18H16FN5O3/c1-11(25)20-9-13-10-23(18(26)27-13)12-6-7-16(14(19)8-12)24-17-5-3-2-4-15(17)21-22-24/h2-8,13H,9-10H2,1H3,(H,20,25). The fourth-order valence-corrected chi connectivity index (χ4v) is 2.98. The molecule has 0 radical (unpaired) electrons. The number of amides is 2. The van der Waals surface area contributed by atoms with Crippen LogP contribution < -0.4 is 10.2 Å². The maximum atomic E-state index is 14.7. The summed E-state index contributed by atoms with van der Waals surface area (Å²) >= 11 is 0. The molecule has 2 heterocycles. The summed E-state index contributed by atoms with van der Waals surface area (Å²) in [5.41, 5.74) is 1.94. The smallest absolute Gasteiger partial charge is 0.414 e. The number of benzene rings is 2. The van der Waals surface area contributed by atoms with Gasteiger partial charge in [-0.2, -0.15) is 0 Å². The fraction of sp³-hybridized carbons (Fsp3) is 0.222. The van der Waals surface area contributed by atoms with E-state index in [1.807, 2.05) is 12.1 Å². The number of rotatable bonds is 4. The van der Waals surface area contributed by atoms with E-state index in [-0.39, 0.29) is 24.7 Å². The number of halogens is 1. The number of fused-ring (bicyclic) bond motifs is 1. The summed E-state index contributed by atoms with van der Waals surface area (Å²) in [5, 5.41) is 10.6. The Morgan fingerprint density at radius 2 is 2.15 bits per heavy atom. The number of carbonyl (C=O) groups is 2. The number of cyclic esters (lactones) is 1. The summed E-state index contributed by atoms with van der Waals surface area (Å²) in [7, 11) is 0. The van der Waals surface area contributed by atoms with E-state index in [1.165, 1.54) is 22.6 Å². The van der Waals surface area contributed by atoms with Gasteiger partial charge < -0.3 is 10.1 Å². The van der Waals surface area contributed by atoms with Crippen molar-refractivity contribution in [2.75, 3.05) is 18.0 Å². The SMILES string of the molecule is CC(=O)NCC1CN(c2ccc(-n3nnc4ccccc43)c(F)c2)C(=O)O1. The molecular weight excluding hydrogens is 353 g/mol. The molecule has 0 bridgehead atoms. The highest BCUT2D eigenvalue weighted by molar-refractivity contribution is 5.90. The van der Waals surface area contributed by atoms with Crippen LogP contribution >= 0.6 is 0 Å². The molecule has 1 saturated heterocycles. The van der Waals surface area contributed by atoms with Gasteiger partial charge in [-0.25, -0.2) is 13.9 Å². The van der Waals surface area contributed by atoms with Crippen LogP contribution in [0.15, 0.2) is 42.5 Å². The Bertz CT molecular complexity index is 1030. The van der Waals surface area contributed by atoms with Gasteiger partial charge in [0.2, 0.25) is 5.91 Å². The summed E-state index contributed by atoms with van der Waals surface area (Å²) in [6.07, 6.45) is -1.06. The molecule has 0 aliphatic carbocycles. The van der Waals surface area contributed by atoms with Crippen molar-refractivity contribution >= 4 is 28.7 Å². The number of ether oxygens (including phenoxy) is 1. The Hall–Kier alpha value is -3.49. The molecule has 4 rings (SSSR count). The zero-order valence-corrected chi connectivity index (χ0v) is 14.4. The minimum Gasteiger partial charge on any atom is -0.442 e. The van der Waals surface area contributed by atoms with Crippen molar-refractivity contribution in [2.45, 2.75) is 13.0 Å². The maximum Gasteiger partial charge on any atom is 0.414 e. The number of carbonyl (C=O) groups excluding carboxylic acids is 2.